The Kier molecular flexibility index (Phi) is 68.1. The van der Waals surface area contributed by atoms with Gasteiger partial charge in [-0.3, -0.25) is 37.3 Å². The fourth-order valence-corrected chi connectivity index (χ4v) is 13.7. The maximum Gasteiger partial charge on any atom is 0.472 e. The first kappa shape index (κ1) is 96.1. The van der Waals surface area contributed by atoms with E-state index in [2.05, 4.69) is 48.5 Å². The molecule has 0 rings (SSSR count). The first-order valence-corrected chi connectivity index (χ1v) is 43.8. The zero-order valence-corrected chi connectivity index (χ0v) is 66.0. The normalized spacial score (nSPS) is 14.0. The number of hydrogen-bond acceptors (Lipinski definition) is 15. The van der Waals surface area contributed by atoms with Gasteiger partial charge in [0.25, 0.3) is 0 Å². The van der Waals surface area contributed by atoms with E-state index in [1.54, 1.807) is 0 Å². The second-order valence-corrected chi connectivity index (χ2v) is 32.8. The van der Waals surface area contributed by atoms with Gasteiger partial charge in [-0.2, -0.15) is 0 Å². The molecule has 98 heavy (non-hydrogen) atoms. The molecule has 0 heterocycles. The van der Waals surface area contributed by atoms with Crippen LogP contribution in [-0.4, -0.2) is 96.7 Å². The van der Waals surface area contributed by atoms with E-state index in [0.29, 0.717) is 25.7 Å². The number of aliphatic hydroxyl groups excluding tert-OH is 1. The smallest absolute Gasteiger partial charge is 0.462 e. The molecule has 0 aliphatic carbocycles. The molecule has 0 amide bonds. The van der Waals surface area contributed by atoms with Gasteiger partial charge in [0.1, 0.15) is 19.3 Å². The van der Waals surface area contributed by atoms with E-state index < -0.39 is 97.5 Å². The van der Waals surface area contributed by atoms with Crippen molar-refractivity contribution < 1.29 is 80.2 Å². The minimum absolute atomic E-state index is 0.106. The lowest BCUT2D eigenvalue weighted by atomic mass is 10.0. The molecule has 0 aromatic heterocycles. The first-order valence-electron chi connectivity index (χ1n) is 40.8. The molecule has 0 radical (unpaired) electrons. The first-order chi connectivity index (χ1) is 47.2. The predicted molar refractivity (Wildman–Crippen MR) is 400 cm³/mol. The van der Waals surface area contributed by atoms with E-state index in [-0.39, 0.29) is 25.7 Å². The molecule has 582 valence electrons. The summed E-state index contributed by atoms with van der Waals surface area (Å²) in [5, 5.41) is 10.6. The van der Waals surface area contributed by atoms with Crippen LogP contribution in [0.2, 0.25) is 0 Å². The molecule has 0 saturated heterocycles. The van der Waals surface area contributed by atoms with Gasteiger partial charge >= 0.3 is 39.5 Å². The van der Waals surface area contributed by atoms with E-state index in [1.165, 1.54) is 218 Å². The number of aliphatic hydroxyl groups is 1. The van der Waals surface area contributed by atoms with E-state index in [0.717, 1.165) is 108 Å². The summed E-state index contributed by atoms with van der Waals surface area (Å²) in [7, 11) is -9.92. The highest BCUT2D eigenvalue weighted by Crippen LogP contribution is 2.45. The van der Waals surface area contributed by atoms with Crippen molar-refractivity contribution in [3.63, 3.8) is 0 Å². The SMILES string of the molecule is CCCCCCCCCCCCCCCCCCCC(=O)O[C@H](COC(=O)CCCCCCCCCCCCCCCC(C)C)COP(=O)(O)OC[C@@H](O)COP(=O)(O)OC[C@@H](COC(=O)CCCCCCCCCCCC(C)C)OC(=O)CCCCCCCCCCCCC(C)C. The van der Waals surface area contributed by atoms with Gasteiger partial charge in [-0.05, 0) is 43.4 Å². The van der Waals surface area contributed by atoms with Crippen molar-refractivity contribution in [1.29, 1.82) is 0 Å². The van der Waals surface area contributed by atoms with Gasteiger partial charge in [-0.25, -0.2) is 9.13 Å². The molecular formula is C79H154O17P2. The van der Waals surface area contributed by atoms with Crippen LogP contribution in [0.3, 0.4) is 0 Å². The molecule has 0 fully saturated rings. The zero-order valence-electron chi connectivity index (χ0n) is 64.3. The van der Waals surface area contributed by atoms with Crippen molar-refractivity contribution in [2.24, 2.45) is 17.8 Å². The summed E-state index contributed by atoms with van der Waals surface area (Å²) in [6, 6.07) is 0. The Morgan fingerprint density at radius 2 is 0.469 bits per heavy atom. The minimum atomic E-state index is -4.96. The summed E-state index contributed by atoms with van der Waals surface area (Å²) in [4.78, 5) is 73.0. The summed E-state index contributed by atoms with van der Waals surface area (Å²) in [5.74, 6) is 0.174. The second kappa shape index (κ2) is 69.4. The van der Waals surface area contributed by atoms with Crippen molar-refractivity contribution in [2.75, 3.05) is 39.6 Å². The molecule has 0 aromatic carbocycles. The van der Waals surface area contributed by atoms with Crippen molar-refractivity contribution in [3.05, 3.63) is 0 Å². The third kappa shape index (κ3) is 72.4. The fraction of sp³-hybridized carbons (Fsp3) is 0.949. The van der Waals surface area contributed by atoms with E-state index in [1.807, 2.05) is 0 Å². The largest absolute Gasteiger partial charge is 0.472 e. The lowest BCUT2D eigenvalue weighted by molar-refractivity contribution is -0.161. The van der Waals surface area contributed by atoms with Gasteiger partial charge in [-0.15, -0.1) is 0 Å². The highest BCUT2D eigenvalue weighted by atomic mass is 31.2. The minimum Gasteiger partial charge on any atom is -0.462 e. The molecule has 0 aliphatic rings. The lowest BCUT2D eigenvalue weighted by Crippen LogP contribution is -2.30. The number of phosphoric acid groups is 2. The van der Waals surface area contributed by atoms with Crippen LogP contribution in [0.4, 0.5) is 0 Å². The Hall–Kier alpha value is -1.94. The summed E-state index contributed by atoms with van der Waals surface area (Å²) in [6.07, 6.45) is 56.8. The Morgan fingerprint density at radius 1 is 0.276 bits per heavy atom. The highest BCUT2D eigenvalue weighted by Gasteiger charge is 2.30. The van der Waals surface area contributed by atoms with Crippen molar-refractivity contribution in [1.82, 2.24) is 0 Å². The van der Waals surface area contributed by atoms with E-state index >= 15 is 0 Å². The topological polar surface area (TPSA) is 237 Å². The maximum absolute atomic E-state index is 13.1. The summed E-state index contributed by atoms with van der Waals surface area (Å²) in [6.45, 7) is 11.9. The number of esters is 4. The standard InChI is InChI=1S/C79H154O17P2/c1-8-9-10-11-12-13-14-15-16-17-18-21-25-33-41-48-55-62-78(83)95-74(66-89-76(81)60-53-46-39-32-24-22-19-20-23-29-36-43-50-57-70(2)3)68-93-97(85,86)91-64-73(80)65-92-98(87,88)94-69-75(67-90-77(82)61-54-47-40-35-28-31-38-45-52-59-72(6)7)96-79(84)63-56-49-42-34-27-26-30-37-44-51-58-71(4)5/h70-75,80H,8-69H2,1-7H3,(H,85,86)(H,87,88)/t73-,74-,75-/m1/s1. The lowest BCUT2D eigenvalue weighted by Gasteiger charge is -2.21. The van der Waals surface area contributed by atoms with Crippen LogP contribution < -0.4 is 0 Å². The van der Waals surface area contributed by atoms with Crippen molar-refractivity contribution >= 4 is 39.5 Å². The Balaban J connectivity index is 5.26. The average Bonchev–Trinajstić information content (AvgIpc) is 1.08. The van der Waals surface area contributed by atoms with Crippen molar-refractivity contribution in [2.45, 2.75) is 426 Å². The number of unbranched alkanes of at least 4 members (excludes halogenated alkanes) is 45. The third-order valence-electron chi connectivity index (χ3n) is 18.4. The third-order valence-corrected chi connectivity index (χ3v) is 20.3. The quantitative estimate of drug-likeness (QED) is 0.0222. The van der Waals surface area contributed by atoms with Gasteiger partial charge in [-0.1, -0.05) is 357 Å². The van der Waals surface area contributed by atoms with Gasteiger partial charge < -0.3 is 33.8 Å². The summed E-state index contributed by atoms with van der Waals surface area (Å²) < 4.78 is 68.7. The van der Waals surface area contributed by atoms with Crippen LogP contribution in [0.1, 0.15) is 408 Å². The molecule has 0 spiro atoms. The van der Waals surface area contributed by atoms with Crippen LogP contribution in [0, 0.1) is 17.8 Å². The molecule has 0 bridgehead atoms. The van der Waals surface area contributed by atoms with Gasteiger partial charge in [0.15, 0.2) is 12.2 Å². The molecule has 2 unspecified atom stereocenters. The van der Waals surface area contributed by atoms with Crippen LogP contribution in [0.25, 0.3) is 0 Å². The predicted octanol–water partition coefficient (Wildman–Crippen LogP) is 23.4. The molecule has 5 atom stereocenters. The maximum atomic E-state index is 13.1. The van der Waals surface area contributed by atoms with Gasteiger partial charge in [0.2, 0.25) is 0 Å². The molecule has 17 nitrogen and oxygen atoms in total. The molecule has 0 aromatic rings. The number of hydrogen-bond donors (Lipinski definition) is 3. The Labute approximate surface area is 600 Å². The molecule has 0 aliphatic heterocycles. The van der Waals surface area contributed by atoms with Crippen LogP contribution in [-0.2, 0) is 65.4 Å². The zero-order chi connectivity index (χ0) is 72.3. The molecule has 19 heteroatoms. The summed E-state index contributed by atoms with van der Waals surface area (Å²) >= 11 is 0. The number of rotatable bonds is 77. The van der Waals surface area contributed by atoms with Crippen LogP contribution in [0.5, 0.6) is 0 Å². The van der Waals surface area contributed by atoms with Gasteiger partial charge in [0.05, 0.1) is 26.4 Å². The Bertz CT molecular complexity index is 1900. The molecule has 0 saturated carbocycles. The van der Waals surface area contributed by atoms with E-state index in [9.17, 15) is 43.2 Å². The Morgan fingerprint density at radius 3 is 0.694 bits per heavy atom. The number of carbonyl (C=O) groups excluding carboxylic acids is 4. The molecular weight excluding hydrogens is 1280 g/mol. The number of ether oxygens (including phenoxy) is 4. The number of phosphoric ester groups is 2. The number of carbonyl (C=O) groups is 4. The highest BCUT2D eigenvalue weighted by molar-refractivity contribution is 7.47. The monoisotopic (exact) mass is 1440 g/mol. The average molecular weight is 1440 g/mol. The van der Waals surface area contributed by atoms with Crippen LogP contribution in [0.15, 0.2) is 0 Å². The second-order valence-electron chi connectivity index (χ2n) is 29.9. The van der Waals surface area contributed by atoms with Gasteiger partial charge in [0, 0.05) is 25.7 Å². The molecule has 3 N–H and O–H groups in total. The fourth-order valence-electron chi connectivity index (χ4n) is 12.1. The van der Waals surface area contributed by atoms with E-state index in [4.69, 9.17) is 37.0 Å². The van der Waals surface area contributed by atoms with Crippen molar-refractivity contribution in [3.8, 4) is 0 Å². The van der Waals surface area contributed by atoms with Crippen LogP contribution >= 0.6 is 15.6 Å². The summed E-state index contributed by atoms with van der Waals surface area (Å²) in [5.41, 5.74) is 0.